The number of nitrogens with zero attached hydrogens (tertiary/aromatic N) is 3. The minimum atomic E-state index is 0.0753. The third-order valence-electron chi connectivity index (χ3n) is 5.23. The summed E-state index contributed by atoms with van der Waals surface area (Å²) in [6.45, 7) is 3.13. The first kappa shape index (κ1) is 16.3. The normalized spacial score (nSPS) is 23.0. The van der Waals surface area contributed by atoms with Crippen molar-refractivity contribution < 1.29 is 9.53 Å². The summed E-state index contributed by atoms with van der Waals surface area (Å²) in [4.78, 5) is 19.1. The monoisotopic (exact) mass is 340 g/mol. The smallest absolute Gasteiger partial charge is 0.224 e. The molecule has 1 N–H and O–H groups in total. The molecule has 2 aromatic rings. The second-order valence-electron chi connectivity index (χ2n) is 7.20. The van der Waals surface area contributed by atoms with Gasteiger partial charge in [-0.05, 0) is 23.7 Å². The lowest BCUT2D eigenvalue weighted by Crippen LogP contribution is -2.40. The Morgan fingerprint density at radius 3 is 2.92 bits per heavy atom. The highest BCUT2D eigenvalue weighted by Gasteiger charge is 2.34. The molecule has 6 nitrogen and oxygen atoms in total. The number of benzene rings is 1. The van der Waals surface area contributed by atoms with E-state index in [0.29, 0.717) is 19.6 Å². The number of carbonyl (C=O) groups is 1. The fourth-order valence-electron chi connectivity index (χ4n) is 3.95. The van der Waals surface area contributed by atoms with Crippen molar-refractivity contribution in [2.45, 2.75) is 31.6 Å². The number of aromatic nitrogens is 2. The van der Waals surface area contributed by atoms with E-state index >= 15 is 0 Å². The summed E-state index contributed by atoms with van der Waals surface area (Å²) in [5, 5.41) is 3.24. The molecule has 1 aromatic carbocycles. The molecule has 25 heavy (non-hydrogen) atoms. The first-order valence-electron chi connectivity index (χ1n) is 8.72. The Hall–Kier alpha value is -2.18. The second-order valence-corrected chi connectivity index (χ2v) is 7.20. The maximum atomic E-state index is 12.6. The summed E-state index contributed by atoms with van der Waals surface area (Å²) >= 11 is 0. The van der Waals surface area contributed by atoms with E-state index in [0.717, 1.165) is 18.7 Å². The largest absolute Gasteiger partial charge is 0.372 e. The molecule has 1 aromatic heterocycles. The standard InChI is InChI=1S/C19H24N4O2/c1-22-8-16(18-7-20-12-23(18)2)17(9-22)21-19(24)6-13-3-4-14-10-25-11-15(14)5-13/h3-5,7,12,16-17H,6,8-11H2,1-2H3,(H,21,24)/t16-,17-/m1/s1. The topological polar surface area (TPSA) is 59.4 Å². The summed E-state index contributed by atoms with van der Waals surface area (Å²) < 4.78 is 7.49. The van der Waals surface area contributed by atoms with Crippen molar-refractivity contribution in [3.63, 3.8) is 0 Å². The molecule has 1 amide bonds. The number of hydrogen-bond donors (Lipinski definition) is 1. The molecule has 4 rings (SSSR count). The van der Waals surface area contributed by atoms with Crippen molar-refractivity contribution in [3.05, 3.63) is 53.1 Å². The minimum absolute atomic E-state index is 0.0753. The van der Waals surface area contributed by atoms with Crippen LogP contribution in [0, 0.1) is 0 Å². The van der Waals surface area contributed by atoms with Crippen LogP contribution < -0.4 is 5.32 Å². The van der Waals surface area contributed by atoms with Crippen LogP contribution in [0.1, 0.15) is 28.3 Å². The van der Waals surface area contributed by atoms with Crippen molar-refractivity contribution in [2.24, 2.45) is 7.05 Å². The lowest BCUT2D eigenvalue weighted by Gasteiger charge is -2.20. The Kier molecular flexibility index (Phi) is 4.31. The zero-order valence-corrected chi connectivity index (χ0v) is 14.7. The molecular formula is C19H24N4O2. The van der Waals surface area contributed by atoms with Crippen LogP contribution in [0.4, 0.5) is 0 Å². The van der Waals surface area contributed by atoms with Gasteiger partial charge in [0, 0.05) is 37.9 Å². The van der Waals surface area contributed by atoms with Crippen LogP contribution in [-0.4, -0.2) is 46.5 Å². The van der Waals surface area contributed by atoms with E-state index in [-0.39, 0.29) is 17.9 Å². The molecule has 0 aliphatic carbocycles. The number of aryl methyl sites for hydroxylation is 1. The minimum Gasteiger partial charge on any atom is -0.372 e. The predicted octanol–water partition coefficient (Wildman–Crippen LogP) is 1.21. The van der Waals surface area contributed by atoms with Crippen LogP contribution in [0.15, 0.2) is 30.7 Å². The Morgan fingerprint density at radius 1 is 1.28 bits per heavy atom. The molecule has 0 bridgehead atoms. The molecule has 0 spiro atoms. The highest BCUT2D eigenvalue weighted by atomic mass is 16.5. The van der Waals surface area contributed by atoms with Gasteiger partial charge < -0.3 is 19.5 Å². The predicted molar refractivity (Wildman–Crippen MR) is 94.0 cm³/mol. The number of rotatable bonds is 4. The lowest BCUT2D eigenvalue weighted by atomic mass is 9.99. The lowest BCUT2D eigenvalue weighted by molar-refractivity contribution is -0.121. The number of amides is 1. The van der Waals surface area contributed by atoms with Crippen LogP contribution in [0.3, 0.4) is 0 Å². The molecule has 2 atom stereocenters. The molecule has 2 aliphatic rings. The van der Waals surface area contributed by atoms with Gasteiger partial charge in [-0.3, -0.25) is 4.79 Å². The second kappa shape index (κ2) is 6.61. The average molecular weight is 340 g/mol. The SMILES string of the molecule is CN1C[C@@H](NC(=O)Cc2ccc3c(c2)COC3)[C@H](c2cncn2C)C1. The molecule has 0 radical (unpaired) electrons. The van der Waals surface area contributed by atoms with Crippen LogP contribution in [-0.2, 0) is 36.2 Å². The van der Waals surface area contributed by atoms with E-state index in [2.05, 4.69) is 34.4 Å². The summed E-state index contributed by atoms with van der Waals surface area (Å²) in [6.07, 6.45) is 4.13. The molecular weight excluding hydrogens is 316 g/mol. The van der Waals surface area contributed by atoms with E-state index in [1.807, 2.05) is 30.2 Å². The van der Waals surface area contributed by atoms with Gasteiger partial charge in [-0.25, -0.2) is 4.98 Å². The van der Waals surface area contributed by atoms with E-state index < -0.39 is 0 Å². The van der Waals surface area contributed by atoms with E-state index in [1.54, 1.807) is 0 Å². The first-order chi connectivity index (χ1) is 12.1. The number of likely N-dealkylation sites (tertiary alicyclic amines) is 1. The van der Waals surface area contributed by atoms with E-state index in [1.165, 1.54) is 16.8 Å². The number of nitrogens with one attached hydrogen (secondary N) is 1. The number of fused-ring (bicyclic) bond motifs is 1. The fourth-order valence-corrected chi connectivity index (χ4v) is 3.95. The van der Waals surface area contributed by atoms with E-state index in [4.69, 9.17) is 4.74 Å². The number of likely N-dealkylation sites (N-methyl/N-ethyl adjacent to an activating group) is 1. The molecule has 2 aliphatic heterocycles. The number of ether oxygens (including phenoxy) is 1. The van der Waals surface area contributed by atoms with Gasteiger partial charge in [-0.2, -0.15) is 0 Å². The van der Waals surface area contributed by atoms with Crippen molar-refractivity contribution in [1.29, 1.82) is 0 Å². The number of carbonyl (C=O) groups excluding carboxylic acids is 1. The van der Waals surface area contributed by atoms with Crippen LogP contribution in [0.2, 0.25) is 0 Å². The summed E-state index contributed by atoms with van der Waals surface area (Å²) in [6, 6.07) is 6.33. The molecule has 3 heterocycles. The highest BCUT2D eigenvalue weighted by molar-refractivity contribution is 5.79. The van der Waals surface area contributed by atoms with Crippen molar-refractivity contribution in [2.75, 3.05) is 20.1 Å². The number of imidazole rings is 1. The average Bonchev–Trinajstić information content (AvgIpc) is 3.27. The highest BCUT2D eigenvalue weighted by Crippen LogP contribution is 2.26. The van der Waals surface area contributed by atoms with Gasteiger partial charge in [0.1, 0.15) is 0 Å². The molecule has 0 saturated carbocycles. The van der Waals surface area contributed by atoms with Crippen LogP contribution in [0.25, 0.3) is 0 Å². The molecule has 0 unspecified atom stereocenters. The maximum absolute atomic E-state index is 12.6. The zero-order chi connectivity index (χ0) is 17.4. The maximum Gasteiger partial charge on any atom is 0.224 e. The Balaban J connectivity index is 1.43. The Labute approximate surface area is 147 Å². The Morgan fingerprint density at radius 2 is 2.12 bits per heavy atom. The summed E-state index contributed by atoms with van der Waals surface area (Å²) in [7, 11) is 4.10. The molecule has 132 valence electrons. The van der Waals surface area contributed by atoms with Crippen LogP contribution >= 0.6 is 0 Å². The van der Waals surface area contributed by atoms with Gasteiger partial charge in [-0.15, -0.1) is 0 Å². The Bertz CT molecular complexity index is 785. The van der Waals surface area contributed by atoms with Gasteiger partial charge in [0.15, 0.2) is 0 Å². The molecule has 1 fully saturated rings. The molecule has 6 heteroatoms. The zero-order valence-electron chi connectivity index (χ0n) is 14.7. The quantitative estimate of drug-likeness (QED) is 0.909. The third-order valence-corrected chi connectivity index (χ3v) is 5.23. The van der Waals surface area contributed by atoms with Crippen molar-refractivity contribution in [1.82, 2.24) is 19.8 Å². The summed E-state index contributed by atoms with van der Waals surface area (Å²) in [5.41, 5.74) is 4.66. The van der Waals surface area contributed by atoms with Gasteiger partial charge in [0.2, 0.25) is 5.91 Å². The third kappa shape index (κ3) is 3.32. The van der Waals surface area contributed by atoms with Crippen molar-refractivity contribution in [3.8, 4) is 0 Å². The summed E-state index contributed by atoms with van der Waals surface area (Å²) in [5.74, 6) is 0.348. The first-order valence-corrected chi connectivity index (χ1v) is 8.72. The van der Waals surface area contributed by atoms with Gasteiger partial charge in [-0.1, -0.05) is 18.2 Å². The van der Waals surface area contributed by atoms with Crippen molar-refractivity contribution >= 4 is 5.91 Å². The van der Waals surface area contributed by atoms with Crippen LogP contribution in [0.5, 0.6) is 0 Å². The number of hydrogen-bond acceptors (Lipinski definition) is 4. The fraction of sp³-hybridized carbons (Fsp3) is 0.474. The van der Waals surface area contributed by atoms with Gasteiger partial charge in [0.25, 0.3) is 0 Å². The van der Waals surface area contributed by atoms with Gasteiger partial charge >= 0.3 is 0 Å². The van der Waals surface area contributed by atoms with E-state index in [9.17, 15) is 4.79 Å². The van der Waals surface area contributed by atoms with Gasteiger partial charge in [0.05, 0.1) is 32.0 Å². The molecule has 1 saturated heterocycles.